The van der Waals surface area contributed by atoms with E-state index in [1.54, 1.807) is 11.9 Å². The van der Waals surface area contributed by atoms with Gasteiger partial charge in [-0.05, 0) is 36.6 Å². The van der Waals surface area contributed by atoms with Gasteiger partial charge in [0.25, 0.3) is 0 Å². The first-order valence-corrected chi connectivity index (χ1v) is 12.8. The number of rotatable bonds is 10. The molecule has 0 bridgehead atoms. The van der Waals surface area contributed by atoms with Gasteiger partial charge in [-0.1, -0.05) is 35.9 Å². The molecule has 1 aliphatic heterocycles. The second kappa shape index (κ2) is 11.5. The summed E-state index contributed by atoms with van der Waals surface area (Å²) in [4.78, 5) is 18.5. The molecule has 0 saturated carbocycles. The number of carbonyl (C=O) groups is 1. The second-order valence-corrected chi connectivity index (χ2v) is 10.5. The number of sulfonamides is 1. The van der Waals surface area contributed by atoms with Crippen LogP contribution in [0.5, 0.6) is 0 Å². The van der Waals surface area contributed by atoms with Crippen molar-refractivity contribution < 1.29 is 13.2 Å². The van der Waals surface area contributed by atoms with Crippen molar-refractivity contribution in [1.29, 1.82) is 5.26 Å². The first-order valence-electron chi connectivity index (χ1n) is 11.0. The number of nitrogens with zero attached hydrogens (tertiary/aromatic N) is 4. The molecule has 1 amide bonds. The minimum Gasteiger partial charge on any atom is -0.368 e. The lowest BCUT2D eigenvalue weighted by Crippen LogP contribution is -2.31. The lowest BCUT2D eigenvalue weighted by molar-refractivity contribution is -0.130. The van der Waals surface area contributed by atoms with E-state index in [9.17, 15) is 13.2 Å². The Morgan fingerprint density at radius 1 is 1.18 bits per heavy atom. The number of benzene rings is 2. The summed E-state index contributed by atoms with van der Waals surface area (Å²) in [6.45, 7) is 2.42. The number of hydrogen-bond donors (Lipinski definition) is 1. The van der Waals surface area contributed by atoms with Crippen molar-refractivity contribution in [3.8, 4) is 6.07 Å². The molecule has 0 aromatic heterocycles. The maximum absolute atomic E-state index is 12.8. The largest absolute Gasteiger partial charge is 0.368 e. The molecule has 10 heteroatoms. The zero-order chi connectivity index (χ0) is 24.7. The number of hydrogen-bond acceptors (Lipinski definition) is 6. The molecule has 0 unspecified atom stereocenters. The highest BCUT2D eigenvalue weighted by atomic mass is 35.5. The normalized spacial score (nSPS) is 13.3. The van der Waals surface area contributed by atoms with E-state index < -0.39 is 10.0 Å². The summed E-state index contributed by atoms with van der Waals surface area (Å²) in [5, 5.41) is 12.2. The zero-order valence-electron chi connectivity index (χ0n) is 19.3. The Kier molecular flexibility index (Phi) is 8.67. The molecule has 0 fully saturated rings. The van der Waals surface area contributed by atoms with Crippen molar-refractivity contribution in [2.24, 2.45) is 4.99 Å². The van der Waals surface area contributed by atoms with E-state index in [1.807, 2.05) is 30.3 Å². The summed E-state index contributed by atoms with van der Waals surface area (Å²) in [6, 6.07) is 14.2. The van der Waals surface area contributed by atoms with Crippen LogP contribution in [0.4, 0.5) is 0 Å². The maximum Gasteiger partial charge on any atom is 0.244 e. The third kappa shape index (κ3) is 6.35. The number of amides is 1. The zero-order valence-corrected chi connectivity index (χ0v) is 20.9. The van der Waals surface area contributed by atoms with Gasteiger partial charge in [-0.3, -0.25) is 9.79 Å². The Bertz CT molecular complexity index is 1210. The number of halogens is 1. The number of carbonyl (C=O) groups excluding carboxylic acids is 1. The third-order valence-electron chi connectivity index (χ3n) is 5.68. The molecule has 8 nitrogen and oxygen atoms in total. The van der Waals surface area contributed by atoms with E-state index in [0.29, 0.717) is 13.0 Å². The standard InChI is InChI=1S/C24H28ClN5O3S/c1-29(15-11-18-5-8-20(9-6-18)24-27-12-13-28-24)23(31)4-3-14-30(2)34(32,33)22-10-7-19(17-26)16-21(22)25/h5-10,16H,3-4,11-15H2,1-2H3,(H,27,28). The molecular weight excluding hydrogens is 474 g/mol. The Hall–Kier alpha value is -2.93. The Labute approximate surface area is 205 Å². The van der Waals surface area contributed by atoms with Crippen LogP contribution in [0.15, 0.2) is 52.4 Å². The number of nitrogens with one attached hydrogen (secondary N) is 1. The Morgan fingerprint density at radius 3 is 2.53 bits per heavy atom. The molecule has 0 atom stereocenters. The topological polar surface area (TPSA) is 106 Å². The van der Waals surface area contributed by atoms with Crippen LogP contribution < -0.4 is 5.32 Å². The van der Waals surface area contributed by atoms with Gasteiger partial charge >= 0.3 is 0 Å². The van der Waals surface area contributed by atoms with Gasteiger partial charge in [0.1, 0.15) is 10.7 Å². The Balaban J connectivity index is 1.45. The fraction of sp³-hybridized carbons (Fsp3) is 0.375. The first-order chi connectivity index (χ1) is 16.2. The predicted octanol–water partition coefficient (Wildman–Crippen LogP) is 2.66. The highest BCUT2D eigenvalue weighted by molar-refractivity contribution is 7.89. The fourth-order valence-electron chi connectivity index (χ4n) is 3.55. The highest BCUT2D eigenvalue weighted by Gasteiger charge is 2.24. The molecule has 1 heterocycles. The van der Waals surface area contributed by atoms with E-state index in [1.165, 1.54) is 29.6 Å². The van der Waals surface area contributed by atoms with Gasteiger partial charge in [-0.15, -0.1) is 0 Å². The van der Waals surface area contributed by atoms with Gasteiger partial charge in [0.15, 0.2) is 0 Å². The molecule has 1 aliphatic rings. The van der Waals surface area contributed by atoms with E-state index in [2.05, 4.69) is 10.3 Å². The lowest BCUT2D eigenvalue weighted by atomic mass is 10.1. The van der Waals surface area contributed by atoms with E-state index >= 15 is 0 Å². The molecule has 2 aromatic rings. The smallest absolute Gasteiger partial charge is 0.244 e. The van der Waals surface area contributed by atoms with Crippen LogP contribution in [0.25, 0.3) is 0 Å². The van der Waals surface area contributed by atoms with E-state index in [4.69, 9.17) is 16.9 Å². The predicted molar refractivity (Wildman–Crippen MR) is 132 cm³/mol. The maximum atomic E-state index is 12.8. The average Bonchev–Trinajstić information content (AvgIpc) is 3.37. The van der Waals surface area contributed by atoms with Crippen molar-refractivity contribution in [3.63, 3.8) is 0 Å². The summed E-state index contributed by atoms with van der Waals surface area (Å²) >= 11 is 6.06. The molecule has 0 spiro atoms. The lowest BCUT2D eigenvalue weighted by Gasteiger charge is -2.20. The average molecular weight is 502 g/mol. The van der Waals surface area contributed by atoms with Crippen molar-refractivity contribution in [1.82, 2.24) is 14.5 Å². The summed E-state index contributed by atoms with van der Waals surface area (Å²) in [5.74, 6) is 0.885. The molecule has 0 saturated heterocycles. The number of amidine groups is 1. The molecular formula is C24H28ClN5O3S. The van der Waals surface area contributed by atoms with Gasteiger partial charge in [0, 0.05) is 45.7 Å². The molecule has 34 heavy (non-hydrogen) atoms. The quantitative estimate of drug-likeness (QED) is 0.538. The SMILES string of the molecule is CN(CCc1ccc(C2=NCCN2)cc1)C(=O)CCCN(C)S(=O)(=O)c1ccc(C#N)cc1Cl. The molecule has 3 rings (SSSR count). The van der Waals surface area contributed by atoms with Crippen LogP contribution in [-0.4, -0.2) is 69.6 Å². The minimum atomic E-state index is -3.81. The van der Waals surface area contributed by atoms with Crippen molar-refractivity contribution in [3.05, 3.63) is 64.2 Å². The van der Waals surface area contributed by atoms with Crippen LogP contribution in [-0.2, 0) is 21.2 Å². The van der Waals surface area contributed by atoms with Gasteiger partial charge in [0.05, 0.1) is 23.2 Å². The minimum absolute atomic E-state index is 0.00207. The fourth-order valence-corrected chi connectivity index (χ4v) is 5.28. The first kappa shape index (κ1) is 25.7. The van der Waals surface area contributed by atoms with Crippen molar-refractivity contribution in [2.75, 3.05) is 40.3 Å². The molecule has 180 valence electrons. The van der Waals surface area contributed by atoms with Crippen LogP contribution in [0.2, 0.25) is 5.02 Å². The summed E-state index contributed by atoms with van der Waals surface area (Å²) in [7, 11) is -0.607. The molecule has 2 aromatic carbocycles. The summed E-state index contributed by atoms with van der Waals surface area (Å²) in [6.07, 6.45) is 1.35. The van der Waals surface area contributed by atoms with Crippen LogP contribution >= 0.6 is 11.6 Å². The van der Waals surface area contributed by atoms with Crippen molar-refractivity contribution >= 4 is 33.4 Å². The third-order valence-corrected chi connectivity index (χ3v) is 8.02. The van der Waals surface area contributed by atoms with Gasteiger partial charge in [-0.25, -0.2) is 12.7 Å². The van der Waals surface area contributed by atoms with Gasteiger partial charge in [-0.2, -0.15) is 5.26 Å². The van der Waals surface area contributed by atoms with E-state index in [0.717, 1.165) is 36.5 Å². The summed E-state index contributed by atoms with van der Waals surface area (Å²) in [5.41, 5.74) is 2.48. The number of nitriles is 1. The second-order valence-electron chi connectivity index (χ2n) is 8.11. The molecule has 0 radical (unpaired) electrons. The number of aliphatic imine (C=N–C) groups is 1. The monoisotopic (exact) mass is 501 g/mol. The van der Waals surface area contributed by atoms with Crippen LogP contribution in [0.1, 0.15) is 29.5 Å². The Morgan fingerprint density at radius 2 is 1.91 bits per heavy atom. The van der Waals surface area contributed by atoms with Gasteiger partial charge in [0.2, 0.25) is 15.9 Å². The highest BCUT2D eigenvalue weighted by Crippen LogP contribution is 2.25. The molecule has 0 aliphatic carbocycles. The van der Waals surface area contributed by atoms with E-state index in [-0.39, 0.29) is 34.4 Å². The van der Waals surface area contributed by atoms with Gasteiger partial charge < -0.3 is 10.2 Å². The van der Waals surface area contributed by atoms with Crippen molar-refractivity contribution in [2.45, 2.75) is 24.2 Å². The van der Waals surface area contributed by atoms with Crippen LogP contribution in [0.3, 0.4) is 0 Å². The van der Waals surface area contributed by atoms with Crippen LogP contribution in [0, 0.1) is 11.3 Å². The summed E-state index contributed by atoms with van der Waals surface area (Å²) < 4.78 is 26.7. The molecule has 1 N–H and O–H groups in total. The number of likely N-dealkylation sites (N-methyl/N-ethyl adjacent to an activating group) is 1.